The summed E-state index contributed by atoms with van der Waals surface area (Å²) in [6.45, 7) is 9.14. The third-order valence-electron chi connectivity index (χ3n) is 3.22. The lowest BCUT2D eigenvalue weighted by atomic mass is 10.0. The number of anilines is 1. The van der Waals surface area contributed by atoms with Crippen molar-refractivity contribution in [2.24, 2.45) is 5.92 Å². The predicted molar refractivity (Wildman–Crippen MR) is 87.1 cm³/mol. The van der Waals surface area contributed by atoms with E-state index in [1.54, 1.807) is 11.1 Å². The summed E-state index contributed by atoms with van der Waals surface area (Å²) in [6.07, 6.45) is 2.69. The van der Waals surface area contributed by atoms with Gasteiger partial charge in [0.25, 0.3) is 5.91 Å². The lowest BCUT2D eigenvalue weighted by Gasteiger charge is -2.27. The van der Waals surface area contributed by atoms with Crippen molar-refractivity contribution in [2.45, 2.75) is 40.2 Å². The number of halogens is 1. The fourth-order valence-corrected chi connectivity index (χ4v) is 2.47. The number of rotatable bonds is 6. The third-order valence-corrected chi connectivity index (χ3v) is 3.66. The first-order valence-electron chi connectivity index (χ1n) is 7.03. The van der Waals surface area contributed by atoms with Gasteiger partial charge in [-0.15, -0.1) is 0 Å². The molecule has 1 rings (SSSR count). The second-order valence-electron chi connectivity index (χ2n) is 5.47. The summed E-state index contributed by atoms with van der Waals surface area (Å²) in [4.78, 5) is 18.7. The Morgan fingerprint density at radius 2 is 2.10 bits per heavy atom. The SMILES string of the molecule is CCNc1ncc(Br)cc1C(=O)N(C)C(C)CC(C)C. The number of nitrogens with one attached hydrogen (secondary N) is 1. The normalized spacial score (nSPS) is 12.3. The highest BCUT2D eigenvalue weighted by atomic mass is 79.9. The van der Waals surface area contributed by atoms with Crippen LogP contribution >= 0.6 is 15.9 Å². The van der Waals surface area contributed by atoms with Crippen LogP contribution in [0.15, 0.2) is 16.7 Å². The zero-order valence-corrected chi connectivity index (χ0v) is 14.5. The van der Waals surface area contributed by atoms with Gasteiger partial charge in [-0.1, -0.05) is 13.8 Å². The molecule has 0 radical (unpaired) electrons. The number of carbonyl (C=O) groups excluding carboxylic acids is 1. The Balaban J connectivity index is 2.98. The summed E-state index contributed by atoms with van der Waals surface area (Å²) in [6, 6.07) is 2.03. The molecule has 112 valence electrons. The summed E-state index contributed by atoms with van der Waals surface area (Å²) in [5.74, 6) is 1.21. The number of nitrogens with zero attached hydrogens (tertiary/aromatic N) is 2. The van der Waals surface area contributed by atoms with Gasteiger partial charge in [-0.3, -0.25) is 4.79 Å². The molecule has 0 aliphatic rings. The van der Waals surface area contributed by atoms with Crippen molar-refractivity contribution in [3.05, 3.63) is 22.3 Å². The van der Waals surface area contributed by atoms with Gasteiger partial charge < -0.3 is 10.2 Å². The minimum atomic E-state index is 0.00269. The van der Waals surface area contributed by atoms with E-state index >= 15 is 0 Å². The number of hydrogen-bond acceptors (Lipinski definition) is 3. The zero-order valence-electron chi connectivity index (χ0n) is 12.9. The smallest absolute Gasteiger partial charge is 0.257 e. The average molecular weight is 342 g/mol. The van der Waals surface area contributed by atoms with Crippen LogP contribution in [0, 0.1) is 5.92 Å². The summed E-state index contributed by atoms with van der Waals surface area (Å²) >= 11 is 3.38. The highest BCUT2D eigenvalue weighted by molar-refractivity contribution is 9.10. The van der Waals surface area contributed by atoms with E-state index in [0.29, 0.717) is 17.3 Å². The molecule has 0 bridgehead atoms. The van der Waals surface area contributed by atoms with E-state index < -0.39 is 0 Å². The van der Waals surface area contributed by atoms with Crippen molar-refractivity contribution in [2.75, 3.05) is 18.9 Å². The van der Waals surface area contributed by atoms with Gasteiger partial charge in [-0.25, -0.2) is 4.98 Å². The van der Waals surface area contributed by atoms with Gasteiger partial charge in [0, 0.05) is 30.3 Å². The highest BCUT2D eigenvalue weighted by Crippen LogP contribution is 2.21. The Morgan fingerprint density at radius 1 is 1.45 bits per heavy atom. The Kier molecular flexibility index (Phi) is 6.46. The van der Waals surface area contributed by atoms with Gasteiger partial charge in [0.1, 0.15) is 5.82 Å². The zero-order chi connectivity index (χ0) is 15.3. The Morgan fingerprint density at radius 3 is 2.65 bits per heavy atom. The molecule has 1 aromatic rings. The fraction of sp³-hybridized carbons (Fsp3) is 0.600. The maximum Gasteiger partial charge on any atom is 0.257 e. The number of amides is 1. The van der Waals surface area contributed by atoms with Crippen molar-refractivity contribution in [1.82, 2.24) is 9.88 Å². The number of pyridine rings is 1. The van der Waals surface area contributed by atoms with Gasteiger partial charge in [-0.05, 0) is 48.2 Å². The Hall–Kier alpha value is -1.10. The van der Waals surface area contributed by atoms with Crippen LogP contribution < -0.4 is 5.32 Å². The van der Waals surface area contributed by atoms with Crippen LogP contribution in [0.2, 0.25) is 0 Å². The van der Waals surface area contributed by atoms with Crippen LogP contribution in [0.4, 0.5) is 5.82 Å². The first-order valence-corrected chi connectivity index (χ1v) is 7.82. The minimum absolute atomic E-state index is 0.00269. The lowest BCUT2D eigenvalue weighted by Crippen LogP contribution is -2.36. The maximum atomic E-state index is 12.6. The fourth-order valence-electron chi connectivity index (χ4n) is 2.14. The van der Waals surface area contributed by atoms with E-state index in [4.69, 9.17) is 0 Å². The predicted octanol–water partition coefficient (Wildman–Crippen LogP) is 3.78. The van der Waals surface area contributed by atoms with Gasteiger partial charge in [0.2, 0.25) is 0 Å². The molecule has 1 N–H and O–H groups in total. The molecule has 0 saturated heterocycles. The second kappa shape index (κ2) is 7.62. The van der Waals surface area contributed by atoms with Crippen LogP contribution in [0.3, 0.4) is 0 Å². The van der Waals surface area contributed by atoms with Crippen molar-refractivity contribution < 1.29 is 4.79 Å². The van der Waals surface area contributed by atoms with Crippen LogP contribution in [-0.2, 0) is 0 Å². The molecule has 1 aromatic heterocycles. The van der Waals surface area contributed by atoms with Crippen LogP contribution in [-0.4, -0.2) is 35.4 Å². The van der Waals surface area contributed by atoms with E-state index in [-0.39, 0.29) is 11.9 Å². The topological polar surface area (TPSA) is 45.2 Å². The molecule has 0 spiro atoms. The van der Waals surface area contributed by atoms with E-state index in [1.165, 1.54) is 0 Å². The van der Waals surface area contributed by atoms with Gasteiger partial charge >= 0.3 is 0 Å². The standard InChI is InChI=1S/C15H24BrN3O/c1-6-17-14-13(8-12(16)9-18-14)15(20)19(5)11(4)7-10(2)3/h8-11H,6-7H2,1-5H3,(H,17,18). The summed E-state index contributed by atoms with van der Waals surface area (Å²) < 4.78 is 0.812. The monoisotopic (exact) mass is 341 g/mol. The second-order valence-corrected chi connectivity index (χ2v) is 6.39. The number of hydrogen-bond donors (Lipinski definition) is 1. The molecule has 1 atom stereocenters. The van der Waals surface area contributed by atoms with Gasteiger partial charge in [0.05, 0.1) is 5.56 Å². The van der Waals surface area contributed by atoms with Crippen LogP contribution in [0.1, 0.15) is 44.5 Å². The van der Waals surface area contributed by atoms with E-state index in [2.05, 4.69) is 47.0 Å². The van der Waals surface area contributed by atoms with Crippen LogP contribution in [0.25, 0.3) is 0 Å². The molecule has 1 unspecified atom stereocenters. The molecule has 5 heteroatoms. The average Bonchev–Trinajstić information content (AvgIpc) is 2.38. The van der Waals surface area contributed by atoms with Gasteiger partial charge in [-0.2, -0.15) is 0 Å². The van der Waals surface area contributed by atoms with Gasteiger partial charge in [0.15, 0.2) is 0 Å². The summed E-state index contributed by atoms with van der Waals surface area (Å²) in [7, 11) is 1.85. The highest BCUT2D eigenvalue weighted by Gasteiger charge is 2.21. The Labute approximate surface area is 130 Å². The van der Waals surface area contributed by atoms with Crippen molar-refractivity contribution in [3.8, 4) is 0 Å². The summed E-state index contributed by atoms with van der Waals surface area (Å²) in [5, 5.41) is 3.14. The molecule has 0 fully saturated rings. The molecule has 0 aliphatic carbocycles. The third kappa shape index (κ3) is 4.47. The lowest BCUT2D eigenvalue weighted by molar-refractivity contribution is 0.0729. The molecule has 0 saturated carbocycles. The van der Waals surface area contributed by atoms with Crippen molar-refractivity contribution >= 4 is 27.7 Å². The quantitative estimate of drug-likeness (QED) is 0.856. The van der Waals surface area contributed by atoms with Crippen molar-refractivity contribution in [1.29, 1.82) is 0 Å². The van der Waals surface area contributed by atoms with E-state index in [1.807, 2.05) is 20.0 Å². The minimum Gasteiger partial charge on any atom is -0.370 e. The molecule has 20 heavy (non-hydrogen) atoms. The number of carbonyl (C=O) groups is 1. The van der Waals surface area contributed by atoms with Crippen LogP contribution in [0.5, 0.6) is 0 Å². The molecule has 0 aliphatic heterocycles. The molecule has 1 heterocycles. The molecular formula is C15H24BrN3O. The largest absolute Gasteiger partial charge is 0.370 e. The van der Waals surface area contributed by atoms with E-state index in [0.717, 1.165) is 17.4 Å². The van der Waals surface area contributed by atoms with Crippen molar-refractivity contribution in [3.63, 3.8) is 0 Å². The number of aromatic nitrogens is 1. The first kappa shape index (κ1) is 17.0. The van der Waals surface area contributed by atoms with E-state index in [9.17, 15) is 4.79 Å². The maximum absolute atomic E-state index is 12.6. The molecule has 0 aromatic carbocycles. The molecule has 4 nitrogen and oxygen atoms in total. The molecular weight excluding hydrogens is 318 g/mol. The Bertz CT molecular complexity index is 462. The summed E-state index contributed by atoms with van der Waals surface area (Å²) in [5.41, 5.74) is 0.610. The first-order chi connectivity index (χ1) is 9.36. The molecule has 1 amide bonds.